The molecule has 5 rings (SSSR count). The minimum absolute atomic E-state index is 0.403. The van der Waals surface area contributed by atoms with Crippen molar-refractivity contribution in [1.29, 1.82) is 5.26 Å². The largest absolute Gasteiger partial charge is 0.755 e. The van der Waals surface area contributed by atoms with Gasteiger partial charge in [-0.1, -0.05) is 30.3 Å². The van der Waals surface area contributed by atoms with Crippen molar-refractivity contribution in [2.45, 2.75) is 12.8 Å². The second kappa shape index (κ2) is 9.02. The second-order valence-electron chi connectivity index (χ2n) is 7.80. The molecule has 1 atom stereocenters. The van der Waals surface area contributed by atoms with Gasteiger partial charge in [0.05, 0.1) is 51.5 Å². The minimum Gasteiger partial charge on any atom is -0.755 e. The molecule has 3 aromatic heterocycles. The normalized spacial score (nSPS) is 12.0. The topological polar surface area (TPSA) is 111 Å². The Morgan fingerprint density at radius 2 is 1.88 bits per heavy atom. The van der Waals surface area contributed by atoms with Gasteiger partial charge in [-0.15, -0.1) is 0 Å². The third kappa shape index (κ3) is 4.01. The standard InChI is InChI=1S/C25H20N6O2S/c1-30-22-14-20(31(34(32)33)21-6-2-4-19-5-3-13-27-24(19)21)16-28-25(22)29-23(30)12-11-17-7-9-18(15-26)10-8-17/h2-10,13-14,16H,11-12H2,1H3,(H,32,33)/p-1. The summed E-state index contributed by atoms with van der Waals surface area (Å²) in [6.45, 7) is 0. The van der Waals surface area contributed by atoms with Crippen molar-refractivity contribution in [2.75, 3.05) is 4.31 Å². The molecule has 0 saturated carbocycles. The molecule has 5 aromatic rings. The lowest BCUT2D eigenvalue weighted by Crippen LogP contribution is -2.20. The van der Waals surface area contributed by atoms with Crippen molar-refractivity contribution < 1.29 is 8.76 Å². The van der Waals surface area contributed by atoms with E-state index >= 15 is 0 Å². The molecule has 0 aliphatic rings. The van der Waals surface area contributed by atoms with E-state index in [0.717, 1.165) is 28.7 Å². The Labute approximate surface area is 198 Å². The number of fused-ring (bicyclic) bond motifs is 2. The molecule has 2 aromatic carbocycles. The van der Waals surface area contributed by atoms with Crippen LogP contribution >= 0.6 is 0 Å². The van der Waals surface area contributed by atoms with Crippen LogP contribution in [0.3, 0.4) is 0 Å². The van der Waals surface area contributed by atoms with E-state index in [-0.39, 0.29) is 0 Å². The first kappa shape index (κ1) is 21.7. The molecular weight excluding hydrogens is 448 g/mol. The van der Waals surface area contributed by atoms with Crippen molar-refractivity contribution in [1.82, 2.24) is 19.5 Å². The summed E-state index contributed by atoms with van der Waals surface area (Å²) < 4.78 is 27.7. The van der Waals surface area contributed by atoms with E-state index in [9.17, 15) is 8.76 Å². The van der Waals surface area contributed by atoms with Crippen LogP contribution in [0.1, 0.15) is 17.0 Å². The van der Waals surface area contributed by atoms with Gasteiger partial charge in [0.1, 0.15) is 5.82 Å². The lowest BCUT2D eigenvalue weighted by molar-refractivity contribution is 0.537. The van der Waals surface area contributed by atoms with E-state index in [1.165, 1.54) is 10.5 Å². The summed E-state index contributed by atoms with van der Waals surface area (Å²) in [5.74, 6) is 0.839. The van der Waals surface area contributed by atoms with Crippen LogP contribution in [0.5, 0.6) is 0 Å². The summed E-state index contributed by atoms with van der Waals surface area (Å²) in [7, 11) is 1.90. The molecule has 3 heterocycles. The monoisotopic (exact) mass is 467 g/mol. The smallest absolute Gasteiger partial charge is 0.178 e. The first-order valence-corrected chi connectivity index (χ1v) is 11.6. The van der Waals surface area contributed by atoms with E-state index in [1.807, 2.05) is 41.9 Å². The number of nitriles is 1. The SMILES string of the molecule is Cn1c(CCc2ccc(C#N)cc2)nc2ncc(N(c3cccc4cccnc34)S(=O)[O-])cc21. The molecule has 34 heavy (non-hydrogen) atoms. The van der Waals surface area contributed by atoms with Crippen molar-refractivity contribution in [3.05, 3.63) is 90.0 Å². The number of hydrogen-bond donors (Lipinski definition) is 0. The van der Waals surface area contributed by atoms with Crippen LogP contribution in [0, 0.1) is 11.3 Å². The Hall–Kier alpha value is -4.13. The fourth-order valence-electron chi connectivity index (χ4n) is 4.00. The van der Waals surface area contributed by atoms with Crippen LogP contribution in [0.2, 0.25) is 0 Å². The number of anilines is 2. The Balaban J connectivity index is 1.49. The van der Waals surface area contributed by atoms with Crippen LogP contribution < -0.4 is 4.31 Å². The molecule has 0 amide bonds. The average molecular weight is 468 g/mol. The quantitative estimate of drug-likeness (QED) is 0.348. The molecule has 0 N–H and O–H groups in total. The zero-order valence-electron chi connectivity index (χ0n) is 18.3. The second-order valence-corrected chi connectivity index (χ2v) is 8.60. The number of nitrogens with zero attached hydrogens (tertiary/aromatic N) is 6. The summed E-state index contributed by atoms with van der Waals surface area (Å²) >= 11 is -2.58. The van der Waals surface area contributed by atoms with Crippen LogP contribution in [0.25, 0.3) is 22.1 Å². The minimum atomic E-state index is -2.58. The Morgan fingerprint density at radius 1 is 1.09 bits per heavy atom. The number of imidazole rings is 1. The Morgan fingerprint density at radius 3 is 2.65 bits per heavy atom. The van der Waals surface area contributed by atoms with E-state index in [0.29, 0.717) is 34.5 Å². The summed E-state index contributed by atoms with van der Waals surface area (Å²) in [5, 5.41) is 9.80. The molecular formula is C25H19N6O2S-. The number of hydrogen-bond acceptors (Lipinski definition) is 6. The zero-order chi connectivity index (χ0) is 23.7. The summed E-state index contributed by atoms with van der Waals surface area (Å²) in [6.07, 6.45) is 4.59. The maximum Gasteiger partial charge on any atom is 0.178 e. The van der Waals surface area contributed by atoms with Crippen molar-refractivity contribution in [3.63, 3.8) is 0 Å². The van der Waals surface area contributed by atoms with E-state index < -0.39 is 11.3 Å². The van der Waals surface area contributed by atoms with Gasteiger partial charge >= 0.3 is 0 Å². The van der Waals surface area contributed by atoms with E-state index in [1.54, 1.807) is 36.5 Å². The van der Waals surface area contributed by atoms with E-state index in [4.69, 9.17) is 5.26 Å². The molecule has 0 aliphatic carbocycles. The average Bonchev–Trinajstić information content (AvgIpc) is 3.18. The van der Waals surface area contributed by atoms with Gasteiger partial charge in [0, 0.05) is 25.1 Å². The summed E-state index contributed by atoms with van der Waals surface area (Å²) in [4.78, 5) is 13.5. The van der Waals surface area contributed by atoms with Crippen molar-refractivity contribution in [2.24, 2.45) is 7.05 Å². The van der Waals surface area contributed by atoms with Gasteiger partial charge < -0.3 is 9.12 Å². The fraction of sp³-hybridized carbons (Fsp3) is 0.120. The number of aromatic nitrogens is 4. The van der Waals surface area contributed by atoms with Crippen LogP contribution in [0.15, 0.2) is 73.1 Å². The van der Waals surface area contributed by atoms with Crippen LogP contribution in [-0.2, 0) is 31.2 Å². The highest BCUT2D eigenvalue weighted by atomic mass is 32.2. The summed E-state index contributed by atoms with van der Waals surface area (Å²) in [5.41, 5.74) is 4.46. The van der Waals surface area contributed by atoms with Crippen LogP contribution in [-0.4, -0.2) is 28.3 Å². The van der Waals surface area contributed by atoms with E-state index in [2.05, 4.69) is 21.0 Å². The number of aryl methyl sites for hydroxylation is 3. The highest BCUT2D eigenvalue weighted by molar-refractivity contribution is 7.81. The fourth-order valence-corrected chi connectivity index (χ4v) is 4.58. The molecule has 8 nitrogen and oxygen atoms in total. The molecule has 1 unspecified atom stereocenters. The van der Waals surface area contributed by atoms with Gasteiger partial charge in [0.2, 0.25) is 0 Å². The third-order valence-corrected chi connectivity index (χ3v) is 6.46. The zero-order valence-corrected chi connectivity index (χ0v) is 19.1. The maximum atomic E-state index is 12.3. The molecule has 9 heteroatoms. The highest BCUT2D eigenvalue weighted by Gasteiger charge is 2.17. The molecule has 0 radical (unpaired) electrons. The highest BCUT2D eigenvalue weighted by Crippen LogP contribution is 2.33. The summed E-state index contributed by atoms with van der Waals surface area (Å²) in [6, 6.07) is 20.5. The first-order chi connectivity index (χ1) is 16.5. The Bertz CT molecular complexity index is 1570. The maximum absolute atomic E-state index is 12.3. The predicted octanol–water partition coefficient (Wildman–Crippen LogP) is 4.11. The van der Waals surface area contributed by atoms with Crippen LogP contribution in [0.4, 0.5) is 11.4 Å². The molecule has 168 valence electrons. The number of benzene rings is 2. The number of rotatable bonds is 6. The molecule has 0 aliphatic heterocycles. The third-order valence-electron chi connectivity index (χ3n) is 5.75. The number of pyridine rings is 2. The molecule has 0 spiro atoms. The molecule has 0 saturated heterocycles. The number of para-hydroxylation sites is 1. The van der Waals surface area contributed by atoms with Gasteiger partial charge in [-0.3, -0.25) is 13.5 Å². The van der Waals surface area contributed by atoms with Gasteiger partial charge in [-0.2, -0.15) is 5.26 Å². The lowest BCUT2D eigenvalue weighted by atomic mass is 10.1. The molecule has 0 bridgehead atoms. The van der Waals surface area contributed by atoms with Gasteiger partial charge in [-0.05, 0) is 42.3 Å². The van der Waals surface area contributed by atoms with Crippen molar-refractivity contribution >= 4 is 44.7 Å². The van der Waals surface area contributed by atoms with Gasteiger partial charge in [0.25, 0.3) is 0 Å². The predicted molar refractivity (Wildman–Crippen MR) is 130 cm³/mol. The Kier molecular flexibility index (Phi) is 5.76. The molecule has 0 fully saturated rings. The van der Waals surface area contributed by atoms with Crippen molar-refractivity contribution in [3.8, 4) is 6.07 Å². The first-order valence-electron chi connectivity index (χ1n) is 10.6. The lowest BCUT2D eigenvalue weighted by Gasteiger charge is -2.26. The van der Waals surface area contributed by atoms with Gasteiger partial charge in [0.15, 0.2) is 5.65 Å². The van der Waals surface area contributed by atoms with Gasteiger partial charge in [-0.25, -0.2) is 9.97 Å².